The van der Waals surface area contributed by atoms with Gasteiger partial charge < -0.3 is 15.2 Å². The second-order valence-electron chi connectivity index (χ2n) is 4.23. The molecule has 3 rings (SSSR count). The summed E-state index contributed by atoms with van der Waals surface area (Å²) in [5.74, 6) is -1.52. The number of fused-ring (bicyclic) bond motifs is 1. The Morgan fingerprint density at radius 3 is 2.71 bits per heavy atom. The lowest BCUT2D eigenvalue weighted by atomic mass is 10.1. The molecule has 0 saturated heterocycles. The second-order valence-corrected chi connectivity index (χ2v) is 4.23. The number of nitrogens with zero attached hydrogens (tertiary/aromatic N) is 4. The van der Waals surface area contributed by atoms with Gasteiger partial charge in [-0.1, -0.05) is 18.2 Å². The summed E-state index contributed by atoms with van der Waals surface area (Å²) in [5, 5.41) is 24.3. The first kappa shape index (κ1) is 12.7. The van der Waals surface area contributed by atoms with E-state index in [2.05, 4.69) is 10.1 Å². The van der Waals surface area contributed by atoms with E-state index in [-0.39, 0.29) is 17.2 Å². The molecule has 2 aromatic heterocycles. The van der Waals surface area contributed by atoms with Gasteiger partial charge in [0.05, 0.1) is 22.9 Å². The maximum absolute atomic E-state index is 11.4. The SMILES string of the molecule is O=C(O)c1cc2ccccc2nc1-n1ccc([N+](=O)[O-])n1. The van der Waals surface area contributed by atoms with Crippen molar-refractivity contribution < 1.29 is 14.8 Å². The summed E-state index contributed by atoms with van der Waals surface area (Å²) in [6.07, 6.45) is 1.31. The number of para-hydroxylation sites is 1. The third-order valence-electron chi connectivity index (χ3n) is 2.91. The Kier molecular flexibility index (Phi) is 2.83. The molecule has 0 saturated carbocycles. The second kappa shape index (κ2) is 4.67. The number of carboxylic acid groups (broad SMARTS) is 1. The molecule has 0 fully saturated rings. The minimum Gasteiger partial charge on any atom is -0.478 e. The van der Waals surface area contributed by atoms with Gasteiger partial charge in [0.2, 0.25) is 0 Å². The van der Waals surface area contributed by atoms with E-state index in [0.717, 1.165) is 4.68 Å². The van der Waals surface area contributed by atoms with Crippen molar-refractivity contribution in [1.29, 1.82) is 0 Å². The maximum atomic E-state index is 11.4. The molecule has 0 aliphatic carbocycles. The molecular weight excluding hydrogens is 276 g/mol. The molecule has 1 N–H and O–H groups in total. The third-order valence-corrected chi connectivity index (χ3v) is 2.91. The van der Waals surface area contributed by atoms with Crippen LogP contribution < -0.4 is 0 Å². The van der Waals surface area contributed by atoms with Crippen LogP contribution in [0.1, 0.15) is 10.4 Å². The summed E-state index contributed by atoms with van der Waals surface area (Å²) >= 11 is 0. The number of benzene rings is 1. The first-order valence-electron chi connectivity index (χ1n) is 5.90. The number of aromatic carboxylic acids is 1. The number of hydrogen-bond donors (Lipinski definition) is 1. The lowest BCUT2D eigenvalue weighted by molar-refractivity contribution is -0.389. The van der Waals surface area contributed by atoms with Crippen molar-refractivity contribution in [3.63, 3.8) is 0 Å². The number of carbonyl (C=O) groups is 1. The summed E-state index contributed by atoms with van der Waals surface area (Å²) in [7, 11) is 0. The molecule has 0 atom stereocenters. The number of pyridine rings is 1. The molecule has 0 aliphatic heterocycles. The molecule has 3 aromatic rings. The molecule has 2 heterocycles. The summed E-state index contributed by atoms with van der Waals surface area (Å²) in [6.45, 7) is 0. The van der Waals surface area contributed by atoms with Crippen LogP contribution in [0.5, 0.6) is 0 Å². The Morgan fingerprint density at radius 1 is 1.29 bits per heavy atom. The average molecular weight is 284 g/mol. The quantitative estimate of drug-likeness (QED) is 0.581. The highest BCUT2D eigenvalue weighted by Crippen LogP contribution is 2.20. The first-order chi connectivity index (χ1) is 10.1. The van der Waals surface area contributed by atoms with Gasteiger partial charge in [-0.25, -0.2) is 9.78 Å². The van der Waals surface area contributed by atoms with Crippen LogP contribution in [-0.4, -0.2) is 30.8 Å². The summed E-state index contributed by atoms with van der Waals surface area (Å²) in [4.78, 5) is 25.6. The number of hydrogen-bond acceptors (Lipinski definition) is 5. The summed E-state index contributed by atoms with van der Waals surface area (Å²) in [5.41, 5.74) is 0.502. The van der Waals surface area contributed by atoms with Crippen LogP contribution in [0.3, 0.4) is 0 Å². The predicted molar refractivity (Wildman–Crippen MR) is 72.5 cm³/mol. The topological polar surface area (TPSA) is 111 Å². The molecule has 1 aromatic carbocycles. The van der Waals surface area contributed by atoms with Crippen LogP contribution >= 0.6 is 0 Å². The Bertz CT molecular complexity index is 871. The zero-order valence-electron chi connectivity index (χ0n) is 10.5. The van der Waals surface area contributed by atoms with Gasteiger partial charge in [-0.05, 0) is 17.1 Å². The van der Waals surface area contributed by atoms with Gasteiger partial charge in [0.15, 0.2) is 5.82 Å². The van der Waals surface area contributed by atoms with E-state index >= 15 is 0 Å². The fourth-order valence-electron chi connectivity index (χ4n) is 1.97. The van der Waals surface area contributed by atoms with E-state index in [0.29, 0.717) is 10.9 Å². The van der Waals surface area contributed by atoms with Crippen LogP contribution in [0.15, 0.2) is 42.6 Å². The highest BCUT2D eigenvalue weighted by atomic mass is 16.6. The Hall–Kier alpha value is -3.29. The van der Waals surface area contributed by atoms with Crippen molar-refractivity contribution >= 4 is 22.7 Å². The molecule has 0 bridgehead atoms. The van der Waals surface area contributed by atoms with Gasteiger partial charge in [-0.2, -0.15) is 0 Å². The Balaban J connectivity index is 2.25. The van der Waals surface area contributed by atoms with Crippen LogP contribution in [0, 0.1) is 10.1 Å². The van der Waals surface area contributed by atoms with Crippen LogP contribution in [-0.2, 0) is 0 Å². The average Bonchev–Trinajstić information content (AvgIpc) is 2.95. The normalized spacial score (nSPS) is 10.7. The van der Waals surface area contributed by atoms with E-state index < -0.39 is 10.9 Å². The molecular formula is C13H8N4O4. The molecule has 0 spiro atoms. The lowest BCUT2D eigenvalue weighted by Crippen LogP contribution is -2.09. The lowest BCUT2D eigenvalue weighted by Gasteiger charge is -2.04. The zero-order chi connectivity index (χ0) is 15.0. The van der Waals surface area contributed by atoms with Crippen molar-refractivity contribution in [2.45, 2.75) is 0 Å². The minimum atomic E-state index is -1.18. The van der Waals surface area contributed by atoms with Gasteiger partial charge in [-0.15, -0.1) is 4.68 Å². The summed E-state index contributed by atoms with van der Waals surface area (Å²) < 4.78 is 1.09. The van der Waals surface area contributed by atoms with Crippen molar-refractivity contribution in [1.82, 2.24) is 14.8 Å². The molecule has 104 valence electrons. The zero-order valence-corrected chi connectivity index (χ0v) is 10.5. The van der Waals surface area contributed by atoms with Crippen LogP contribution in [0.25, 0.3) is 16.7 Å². The minimum absolute atomic E-state index is 0.0364. The van der Waals surface area contributed by atoms with Crippen molar-refractivity contribution in [2.24, 2.45) is 0 Å². The molecule has 0 amide bonds. The smallest absolute Gasteiger partial charge is 0.390 e. The van der Waals surface area contributed by atoms with E-state index in [4.69, 9.17) is 0 Å². The number of rotatable bonds is 3. The number of carboxylic acids is 1. The van der Waals surface area contributed by atoms with Gasteiger partial charge in [0.25, 0.3) is 0 Å². The fraction of sp³-hybridized carbons (Fsp3) is 0. The van der Waals surface area contributed by atoms with Crippen molar-refractivity contribution in [3.8, 4) is 5.82 Å². The highest BCUT2D eigenvalue weighted by molar-refractivity contribution is 5.96. The van der Waals surface area contributed by atoms with Gasteiger partial charge in [-0.3, -0.25) is 0 Å². The van der Waals surface area contributed by atoms with Crippen LogP contribution in [0.4, 0.5) is 5.82 Å². The molecule has 8 nitrogen and oxygen atoms in total. The Labute approximate surface area is 117 Å². The van der Waals surface area contributed by atoms with Crippen LogP contribution in [0.2, 0.25) is 0 Å². The number of nitro groups is 1. The maximum Gasteiger partial charge on any atom is 0.390 e. The molecule has 0 unspecified atom stereocenters. The molecule has 0 aliphatic rings. The largest absolute Gasteiger partial charge is 0.478 e. The molecule has 0 radical (unpaired) electrons. The van der Waals surface area contributed by atoms with E-state index in [1.807, 2.05) is 0 Å². The molecule has 8 heteroatoms. The van der Waals surface area contributed by atoms with Gasteiger partial charge in [0, 0.05) is 5.39 Å². The first-order valence-corrected chi connectivity index (χ1v) is 5.90. The summed E-state index contributed by atoms with van der Waals surface area (Å²) in [6, 6.07) is 9.65. The highest BCUT2D eigenvalue weighted by Gasteiger charge is 2.20. The fourth-order valence-corrected chi connectivity index (χ4v) is 1.97. The van der Waals surface area contributed by atoms with Gasteiger partial charge in [0.1, 0.15) is 5.56 Å². The molecule has 21 heavy (non-hydrogen) atoms. The van der Waals surface area contributed by atoms with E-state index in [1.54, 1.807) is 24.3 Å². The van der Waals surface area contributed by atoms with Crippen molar-refractivity contribution in [2.75, 3.05) is 0 Å². The van der Waals surface area contributed by atoms with Gasteiger partial charge >= 0.3 is 11.8 Å². The predicted octanol–water partition coefficient (Wildman–Crippen LogP) is 2.03. The van der Waals surface area contributed by atoms with E-state index in [1.165, 1.54) is 18.3 Å². The number of aromatic nitrogens is 3. The monoisotopic (exact) mass is 284 g/mol. The standard InChI is InChI=1S/C13H8N4O4/c18-13(19)9-7-8-3-1-2-4-10(8)14-12(9)16-6-5-11(15-16)17(20)21/h1-7H,(H,18,19). The van der Waals surface area contributed by atoms with E-state index in [9.17, 15) is 20.0 Å². The third kappa shape index (κ3) is 2.18. The van der Waals surface area contributed by atoms with Crippen molar-refractivity contribution in [3.05, 3.63) is 58.3 Å². The Morgan fingerprint density at radius 2 is 2.05 bits per heavy atom.